The van der Waals surface area contributed by atoms with Crippen molar-refractivity contribution >= 4 is 17.4 Å². The van der Waals surface area contributed by atoms with Crippen LogP contribution in [0.1, 0.15) is 68.0 Å². The number of likely N-dealkylation sites (tertiary alicyclic amines) is 1. The monoisotopic (exact) mass is 623 g/mol. The summed E-state index contributed by atoms with van der Waals surface area (Å²) in [5.74, 6) is -2.23. The molecule has 2 aromatic heterocycles. The molecule has 0 radical (unpaired) electrons. The van der Waals surface area contributed by atoms with E-state index >= 15 is 0 Å². The molecule has 2 aromatic carbocycles. The minimum Gasteiger partial charge on any atom is -0.375 e. The third kappa shape index (κ3) is 5.35. The molecule has 2 fully saturated rings. The van der Waals surface area contributed by atoms with Crippen LogP contribution in [0.2, 0.25) is 0 Å². The molecule has 5 atom stereocenters. The summed E-state index contributed by atoms with van der Waals surface area (Å²) in [4.78, 5) is 39.7. The Bertz CT molecular complexity index is 1710. The number of pyridine rings is 2. The summed E-state index contributed by atoms with van der Waals surface area (Å²) in [6.45, 7) is 2.64. The van der Waals surface area contributed by atoms with Crippen LogP contribution < -0.4 is 0 Å². The lowest BCUT2D eigenvalue weighted by molar-refractivity contribution is -0.140. The highest BCUT2D eigenvalue weighted by Crippen LogP contribution is 2.64. The number of fused-ring (bicyclic) bond motifs is 5. The number of amides is 2. The number of unbranched alkanes of at least 4 members (excludes halogenated alkanes) is 5. The van der Waals surface area contributed by atoms with Gasteiger partial charge in [0, 0.05) is 36.3 Å². The molecule has 1 aliphatic heterocycles. The Labute approximate surface area is 276 Å². The number of hydrogen-bond donors (Lipinski definition) is 1. The number of nitrogens with zero attached hydrogens (tertiary/aromatic N) is 3. The van der Waals surface area contributed by atoms with Crippen LogP contribution in [0.15, 0.2) is 127 Å². The van der Waals surface area contributed by atoms with Crippen LogP contribution >= 0.6 is 0 Å². The van der Waals surface area contributed by atoms with E-state index in [1.807, 2.05) is 84.9 Å². The van der Waals surface area contributed by atoms with Crippen molar-refractivity contribution in [1.29, 1.82) is 0 Å². The van der Waals surface area contributed by atoms with Crippen LogP contribution in [0.4, 0.5) is 0 Å². The molecule has 238 valence electrons. The predicted octanol–water partition coefficient (Wildman–Crippen LogP) is 7.36. The molecule has 1 saturated heterocycles. The highest BCUT2D eigenvalue weighted by Gasteiger charge is 2.66. The van der Waals surface area contributed by atoms with Crippen molar-refractivity contribution < 1.29 is 14.7 Å². The Morgan fingerprint density at radius 2 is 1.38 bits per heavy atom. The molecule has 4 aromatic rings. The van der Waals surface area contributed by atoms with Crippen molar-refractivity contribution in [2.75, 3.05) is 6.54 Å². The van der Waals surface area contributed by atoms with Crippen molar-refractivity contribution in [3.63, 3.8) is 0 Å². The van der Waals surface area contributed by atoms with Crippen LogP contribution in [-0.4, -0.2) is 38.3 Å². The number of allylic oxidation sites excluding steroid dienone is 2. The molecule has 6 heteroatoms. The quantitative estimate of drug-likeness (QED) is 0.101. The van der Waals surface area contributed by atoms with Gasteiger partial charge in [0.15, 0.2) is 5.60 Å². The Morgan fingerprint density at radius 3 is 2.06 bits per heavy atom. The van der Waals surface area contributed by atoms with Gasteiger partial charge in [-0.15, -0.1) is 0 Å². The number of rotatable bonds is 12. The fourth-order valence-electron chi connectivity index (χ4n) is 8.18. The summed E-state index contributed by atoms with van der Waals surface area (Å²) in [7, 11) is 0. The second-order valence-electron chi connectivity index (χ2n) is 13.0. The molecule has 47 heavy (non-hydrogen) atoms. The third-order valence-corrected chi connectivity index (χ3v) is 10.3. The number of imide groups is 1. The first kappa shape index (κ1) is 30.9. The zero-order valence-electron chi connectivity index (χ0n) is 26.8. The van der Waals surface area contributed by atoms with Crippen molar-refractivity contribution in [3.05, 3.63) is 149 Å². The van der Waals surface area contributed by atoms with Crippen molar-refractivity contribution in [2.24, 2.45) is 23.7 Å². The van der Waals surface area contributed by atoms with Gasteiger partial charge in [0.1, 0.15) is 0 Å². The Hall–Kier alpha value is -4.68. The van der Waals surface area contributed by atoms with Crippen molar-refractivity contribution in [2.45, 2.75) is 51.0 Å². The second-order valence-corrected chi connectivity index (χ2v) is 13.0. The van der Waals surface area contributed by atoms with E-state index in [1.165, 1.54) is 24.2 Å². The van der Waals surface area contributed by atoms with Gasteiger partial charge in [-0.2, -0.15) is 0 Å². The van der Waals surface area contributed by atoms with Gasteiger partial charge in [0.05, 0.1) is 23.2 Å². The lowest BCUT2D eigenvalue weighted by Crippen LogP contribution is -2.38. The summed E-state index contributed by atoms with van der Waals surface area (Å²) >= 11 is 0. The molecule has 7 rings (SSSR count). The minimum atomic E-state index is -1.61. The summed E-state index contributed by atoms with van der Waals surface area (Å²) < 4.78 is 0. The maximum absolute atomic E-state index is 14.5. The molecule has 5 unspecified atom stereocenters. The lowest BCUT2D eigenvalue weighted by atomic mass is 9.71. The average Bonchev–Trinajstić information content (AvgIpc) is 3.74. The Kier molecular flexibility index (Phi) is 8.70. The smallest absolute Gasteiger partial charge is 0.234 e. The molecule has 1 N–H and O–H groups in total. The molecule has 6 nitrogen and oxygen atoms in total. The summed E-state index contributed by atoms with van der Waals surface area (Å²) in [6.07, 6.45) is 12.0. The van der Waals surface area contributed by atoms with Crippen LogP contribution in [0.5, 0.6) is 0 Å². The van der Waals surface area contributed by atoms with E-state index in [-0.39, 0.29) is 17.7 Å². The highest BCUT2D eigenvalue weighted by molar-refractivity contribution is 6.08. The van der Waals surface area contributed by atoms with E-state index in [1.54, 1.807) is 12.4 Å². The van der Waals surface area contributed by atoms with Gasteiger partial charge in [-0.1, -0.05) is 118 Å². The standard InChI is InChI=1S/C41H41N3O3/c1-2-3-4-5-6-17-26-44-39(45)36-30-27-31(41(47,29-20-11-8-12-21-29)33-23-14-16-25-43-33)37(38(36)40(44)46)35(30)34(28-18-9-7-10-19-28)32-22-13-15-24-42-32/h7-16,18-25,27,30,36-38,47H,2-6,17,26H2,1H3/b35-34+. The number of carbonyl (C=O) groups is 2. The number of benzene rings is 2. The molecule has 2 amide bonds. The van der Waals surface area contributed by atoms with Crippen LogP contribution in [0.25, 0.3) is 5.57 Å². The number of hydrogen-bond acceptors (Lipinski definition) is 5. The van der Waals surface area contributed by atoms with E-state index in [0.29, 0.717) is 23.4 Å². The largest absolute Gasteiger partial charge is 0.375 e. The van der Waals surface area contributed by atoms with E-state index in [9.17, 15) is 14.7 Å². The minimum absolute atomic E-state index is 0.0941. The fraction of sp³-hybridized carbons (Fsp3) is 0.317. The zero-order chi connectivity index (χ0) is 32.4. The van der Waals surface area contributed by atoms with Gasteiger partial charge in [-0.3, -0.25) is 24.5 Å². The van der Waals surface area contributed by atoms with E-state index in [4.69, 9.17) is 4.98 Å². The average molecular weight is 624 g/mol. The number of aromatic nitrogens is 2. The van der Waals surface area contributed by atoms with Crippen LogP contribution in [-0.2, 0) is 15.2 Å². The van der Waals surface area contributed by atoms with E-state index in [0.717, 1.165) is 41.7 Å². The maximum atomic E-state index is 14.5. The molecular weight excluding hydrogens is 582 g/mol. The second kappa shape index (κ2) is 13.2. The Balaban J connectivity index is 1.38. The van der Waals surface area contributed by atoms with Gasteiger partial charge >= 0.3 is 0 Å². The Morgan fingerprint density at radius 1 is 0.745 bits per heavy atom. The maximum Gasteiger partial charge on any atom is 0.234 e. The topological polar surface area (TPSA) is 83.4 Å². The van der Waals surface area contributed by atoms with E-state index < -0.39 is 23.4 Å². The first-order valence-electron chi connectivity index (χ1n) is 17.0. The fourth-order valence-corrected chi connectivity index (χ4v) is 8.18. The molecule has 3 heterocycles. The molecule has 1 saturated carbocycles. The molecular formula is C41H41N3O3. The van der Waals surface area contributed by atoms with Crippen LogP contribution in [0.3, 0.4) is 0 Å². The SMILES string of the molecule is CCCCCCCCN1C(=O)C2C3C=C(C(O)(c4ccccc4)c4ccccn4)C(/C3=C(\c3ccccc3)c3ccccn3)C2C1=O. The van der Waals surface area contributed by atoms with Crippen molar-refractivity contribution in [3.8, 4) is 0 Å². The normalized spacial score (nSPS) is 23.9. The van der Waals surface area contributed by atoms with Crippen molar-refractivity contribution in [1.82, 2.24) is 14.9 Å². The number of aliphatic hydroxyl groups is 1. The van der Waals surface area contributed by atoms with Gasteiger partial charge < -0.3 is 5.11 Å². The first-order valence-corrected chi connectivity index (χ1v) is 17.0. The molecule has 3 aliphatic rings. The zero-order valence-corrected chi connectivity index (χ0v) is 26.8. The molecule has 2 aliphatic carbocycles. The van der Waals surface area contributed by atoms with Crippen LogP contribution in [0, 0.1) is 23.7 Å². The third-order valence-electron chi connectivity index (χ3n) is 10.3. The molecule has 2 bridgehead atoms. The first-order chi connectivity index (χ1) is 23.1. The van der Waals surface area contributed by atoms with Gasteiger partial charge in [0.2, 0.25) is 11.8 Å². The van der Waals surface area contributed by atoms with Gasteiger partial charge in [-0.05, 0) is 53.0 Å². The lowest BCUT2D eigenvalue weighted by Gasteiger charge is -2.36. The summed E-state index contributed by atoms with van der Waals surface area (Å²) in [5, 5.41) is 13.0. The van der Waals surface area contributed by atoms with E-state index in [2.05, 4.69) is 30.1 Å². The predicted molar refractivity (Wildman–Crippen MR) is 183 cm³/mol. The highest BCUT2D eigenvalue weighted by atomic mass is 16.3. The summed E-state index contributed by atoms with van der Waals surface area (Å²) in [6, 6.07) is 31.0. The van der Waals surface area contributed by atoms with Gasteiger partial charge in [0.25, 0.3) is 0 Å². The number of carbonyl (C=O) groups excluding carboxylic acids is 2. The summed E-state index contributed by atoms with van der Waals surface area (Å²) in [5.41, 5.74) is 3.90. The molecule has 0 spiro atoms. The van der Waals surface area contributed by atoms with Gasteiger partial charge in [-0.25, -0.2) is 0 Å².